The Bertz CT molecular complexity index is 1200. The first kappa shape index (κ1) is 28.0. The van der Waals surface area contributed by atoms with Crippen LogP contribution in [0, 0.1) is 6.92 Å². The van der Waals surface area contributed by atoms with E-state index in [1.54, 1.807) is 13.1 Å². The molecule has 0 aliphatic heterocycles. The minimum atomic E-state index is -1.07. The molecule has 1 unspecified atom stereocenters. The van der Waals surface area contributed by atoms with Crippen molar-refractivity contribution in [2.75, 3.05) is 13.2 Å². The van der Waals surface area contributed by atoms with E-state index in [2.05, 4.69) is 15.3 Å². The number of nitrogens with zero attached hydrogens (tertiary/aromatic N) is 2. The zero-order valence-electron chi connectivity index (χ0n) is 20.1. The molecule has 1 atom stereocenters. The maximum Gasteiger partial charge on any atom is 0.208 e. The summed E-state index contributed by atoms with van der Waals surface area (Å²) in [6.45, 7) is 6.81. The Morgan fingerprint density at radius 3 is 2.43 bits per heavy atom. The zero-order valence-corrected chi connectivity index (χ0v) is 20.9. The highest BCUT2D eigenvalue weighted by Gasteiger charge is 2.14. The van der Waals surface area contributed by atoms with E-state index in [-0.39, 0.29) is 31.7 Å². The molecular formula is C26H36N4O4S. The number of hydrogen-bond acceptors (Lipinski definition) is 7. The number of nitrogens with two attached hydrogens (primary N) is 1. The molecule has 0 saturated carbocycles. The second kappa shape index (κ2) is 13.0. The van der Waals surface area contributed by atoms with Crippen LogP contribution in [0.1, 0.15) is 44.0 Å². The minimum Gasteiger partial charge on any atom is -0.412 e. The number of rotatable bonds is 10. The summed E-state index contributed by atoms with van der Waals surface area (Å²) >= 11 is 0. The lowest BCUT2D eigenvalue weighted by atomic mass is 10.1. The fourth-order valence-corrected chi connectivity index (χ4v) is 4.22. The molecule has 0 radical (unpaired) electrons. The van der Waals surface area contributed by atoms with Crippen molar-refractivity contribution in [1.29, 1.82) is 0 Å². The van der Waals surface area contributed by atoms with E-state index in [0.29, 0.717) is 30.2 Å². The van der Waals surface area contributed by atoms with Crippen molar-refractivity contribution in [2.45, 2.75) is 37.5 Å². The Hall–Kier alpha value is -3.24. The van der Waals surface area contributed by atoms with Gasteiger partial charge in [-0.3, -0.25) is 14.0 Å². The monoisotopic (exact) mass is 500 g/mol. The topological polar surface area (TPSA) is 150 Å². The smallest absolute Gasteiger partial charge is 0.208 e. The van der Waals surface area contributed by atoms with E-state index in [4.69, 9.17) is 10.8 Å². The van der Waals surface area contributed by atoms with E-state index >= 15 is 0 Å². The molecule has 0 aliphatic rings. The second-order valence-electron chi connectivity index (χ2n) is 8.12. The first-order valence-corrected chi connectivity index (χ1v) is 12.3. The van der Waals surface area contributed by atoms with Crippen molar-refractivity contribution >= 4 is 22.3 Å². The average Bonchev–Trinajstić information content (AvgIpc) is 2.84. The highest BCUT2D eigenvalue weighted by atomic mass is 32.2. The molecule has 6 N–H and O–H groups in total. The quantitative estimate of drug-likeness (QED) is 0.220. The number of carbonyl (C=O) groups is 1. The van der Waals surface area contributed by atoms with Crippen LogP contribution in [0.25, 0.3) is 17.0 Å². The number of aryl methyl sites for hydroxylation is 1. The third kappa shape index (κ3) is 7.37. The molecule has 1 heterocycles. The summed E-state index contributed by atoms with van der Waals surface area (Å²) in [6.07, 6.45) is 2.99. The minimum absolute atomic E-state index is 0. The van der Waals surface area contributed by atoms with Crippen LogP contribution in [-0.2, 0) is 17.3 Å². The molecule has 0 amide bonds. The standard InChI is InChI=1S/C26H30N4O3S.H2O.2H2/c1-17(2)34(33)22-10-8-21(9-11-22)24-16-29-18(3)26(30-24)25(32)14-23(27)20-6-4-19(5-7-20)15-28-12-13-31;;;/h4-11,14,16-17,28,31H,12-13,15,27H2,1-3H3;1H2;2*1H. The van der Waals surface area contributed by atoms with Crippen LogP contribution in [0.4, 0.5) is 0 Å². The van der Waals surface area contributed by atoms with Gasteiger partial charge >= 0.3 is 0 Å². The molecule has 0 bridgehead atoms. The summed E-state index contributed by atoms with van der Waals surface area (Å²) in [4.78, 5) is 22.6. The van der Waals surface area contributed by atoms with Crippen LogP contribution < -0.4 is 11.1 Å². The third-order valence-corrected chi connectivity index (χ3v) is 6.78. The molecule has 9 heteroatoms. The molecule has 35 heavy (non-hydrogen) atoms. The number of hydrogen-bond donors (Lipinski definition) is 3. The largest absolute Gasteiger partial charge is 0.412 e. The van der Waals surface area contributed by atoms with E-state index in [1.165, 1.54) is 6.08 Å². The summed E-state index contributed by atoms with van der Waals surface area (Å²) in [5.41, 5.74) is 10.4. The van der Waals surface area contributed by atoms with Crippen LogP contribution in [0.15, 0.2) is 65.7 Å². The SMILES string of the molecule is Cc1ncc(-c2ccc(S(=O)C(C)C)cc2)nc1C(=O)C=C(N)c1ccc(CNCCO)cc1.O.[HH].[HH]. The zero-order chi connectivity index (χ0) is 24.7. The second-order valence-corrected chi connectivity index (χ2v) is 10.1. The number of aromatic nitrogens is 2. The molecule has 0 spiro atoms. The van der Waals surface area contributed by atoms with Gasteiger partial charge in [-0.1, -0.05) is 50.2 Å². The number of carbonyl (C=O) groups excluding carboxylic acids is 1. The number of allylic oxidation sites excluding steroid dienone is 1. The lowest BCUT2D eigenvalue weighted by Gasteiger charge is -2.09. The van der Waals surface area contributed by atoms with Gasteiger partial charge in [0.15, 0.2) is 0 Å². The predicted octanol–water partition coefficient (Wildman–Crippen LogP) is 2.90. The predicted molar refractivity (Wildman–Crippen MR) is 143 cm³/mol. The number of aliphatic hydroxyl groups excluding tert-OH is 1. The highest BCUT2D eigenvalue weighted by Crippen LogP contribution is 2.21. The van der Waals surface area contributed by atoms with Gasteiger partial charge in [0.1, 0.15) is 5.69 Å². The van der Waals surface area contributed by atoms with Gasteiger partial charge in [-0.2, -0.15) is 0 Å². The van der Waals surface area contributed by atoms with Gasteiger partial charge < -0.3 is 21.6 Å². The lowest BCUT2D eigenvalue weighted by Crippen LogP contribution is -2.17. The highest BCUT2D eigenvalue weighted by molar-refractivity contribution is 7.85. The van der Waals surface area contributed by atoms with Gasteiger partial charge in [0.25, 0.3) is 0 Å². The van der Waals surface area contributed by atoms with E-state index in [0.717, 1.165) is 21.6 Å². The van der Waals surface area contributed by atoms with Crippen molar-refractivity contribution in [3.63, 3.8) is 0 Å². The van der Waals surface area contributed by atoms with Gasteiger partial charge in [-0.05, 0) is 30.2 Å². The molecule has 3 rings (SSSR count). The van der Waals surface area contributed by atoms with E-state index < -0.39 is 10.8 Å². The summed E-state index contributed by atoms with van der Waals surface area (Å²) < 4.78 is 12.3. The fourth-order valence-electron chi connectivity index (χ4n) is 3.27. The van der Waals surface area contributed by atoms with Gasteiger partial charge in [0.05, 0.1) is 35.0 Å². The van der Waals surface area contributed by atoms with Crippen molar-refractivity contribution in [3.05, 3.63) is 83.3 Å². The lowest BCUT2D eigenvalue weighted by molar-refractivity contribution is 0.104. The fraction of sp³-hybridized carbons (Fsp3) is 0.269. The van der Waals surface area contributed by atoms with E-state index in [9.17, 15) is 9.00 Å². The summed E-state index contributed by atoms with van der Waals surface area (Å²) in [7, 11) is -1.07. The molecule has 3 aromatic rings. The number of aliphatic hydroxyl groups is 1. The van der Waals surface area contributed by atoms with Crippen molar-refractivity contribution in [2.24, 2.45) is 5.73 Å². The summed E-state index contributed by atoms with van der Waals surface area (Å²) in [6, 6.07) is 14.9. The van der Waals surface area contributed by atoms with Crippen LogP contribution >= 0.6 is 0 Å². The van der Waals surface area contributed by atoms with Crippen LogP contribution in [0.3, 0.4) is 0 Å². The van der Waals surface area contributed by atoms with Crippen LogP contribution in [0.5, 0.6) is 0 Å². The van der Waals surface area contributed by atoms with Crippen LogP contribution in [-0.4, -0.2) is 48.9 Å². The number of ketones is 1. The van der Waals surface area contributed by atoms with Gasteiger partial charge in [-0.25, -0.2) is 4.98 Å². The van der Waals surface area contributed by atoms with Gasteiger partial charge in [-0.15, -0.1) is 0 Å². The van der Waals surface area contributed by atoms with Crippen molar-refractivity contribution in [1.82, 2.24) is 15.3 Å². The van der Waals surface area contributed by atoms with Crippen molar-refractivity contribution in [3.8, 4) is 11.3 Å². The Morgan fingerprint density at radius 1 is 1.17 bits per heavy atom. The molecule has 2 aromatic carbocycles. The molecule has 8 nitrogen and oxygen atoms in total. The summed E-state index contributed by atoms with van der Waals surface area (Å²) in [5.74, 6) is -0.324. The molecule has 190 valence electrons. The molecule has 0 fully saturated rings. The van der Waals surface area contributed by atoms with Gasteiger partial charge in [0, 0.05) is 43.4 Å². The van der Waals surface area contributed by atoms with E-state index in [1.807, 2.05) is 62.4 Å². The maximum atomic E-state index is 13.0. The summed E-state index contributed by atoms with van der Waals surface area (Å²) in [5, 5.41) is 12.0. The first-order chi connectivity index (χ1) is 16.3. The Balaban J connectivity index is 0.00000432. The van der Waals surface area contributed by atoms with Gasteiger partial charge in [0.2, 0.25) is 5.78 Å². The molecule has 0 saturated heterocycles. The Kier molecular flexibility index (Phi) is 10.4. The number of nitrogens with one attached hydrogen (secondary N) is 1. The maximum absolute atomic E-state index is 13.0. The normalized spacial score (nSPS) is 12.3. The Labute approximate surface area is 211 Å². The van der Waals surface area contributed by atoms with Crippen molar-refractivity contribution < 1.29 is 22.4 Å². The average molecular weight is 501 g/mol. The molecule has 0 aliphatic carbocycles. The molecular weight excluding hydrogens is 464 g/mol. The Morgan fingerprint density at radius 2 is 1.83 bits per heavy atom. The molecule has 1 aromatic heterocycles. The van der Waals surface area contributed by atoms with Crippen LogP contribution in [0.2, 0.25) is 0 Å². The first-order valence-electron chi connectivity index (χ1n) is 11.1. The number of benzene rings is 2. The third-order valence-electron chi connectivity index (χ3n) is 5.19.